The van der Waals surface area contributed by atoms with Gasteiger partial charge in [0, 0.05) is 5.41 Å². The molecule has 3 aliphatic carbocycles. The van der Waals surface area contributed by atoms with Gasteiger partial charge in [-0.1, -0.05) is 30.7 Å². The van der Waals surface area contributed by atoms with Gasteiger partial charge in [-0.15, -0.1) is 0 Å². The van der Waals surface area contributed by atoms with Crippen LogP contribution in [0.2, 0.25) is 0 Å². The molecule has 0 saturated heterocycles. The largest absolute Gasteiger partial charge is 0.508 e. The van der Waals surface area contributed by atoms with E-state index < -0.39 is 22.2 Å². The Hall–Kier alpha value is -1.20. The predicted molar refractivity (Wildman–Crippen MR) is 93.0 cm³/mol. The molecule has 0 radical (unpaired) electrons. The number of phenols is 1. The van der Waals surface area contributed by atoms with E-state index in [1.165, 1.54) is 6.08 Å². The average molecular weight is 387 g/mol. The van der Waals surface area contributed by atoms with Crippen molar-refractivity contribution in [3.8, 4) is 5.75 Å². The molecule has 1 aromatic rings. The molecule has 142 valence electrons. The fourth-order valence-corrected chi connectivity index (χ4v) is 6.30. The molecule has 2 nitrogen and oxygen atoms in total. The number of fused-ring (bicyclic) bond motifs is 5. The molecule has 0 bridgehead atoms. The summed E-state index contributed by atoms with van der Waals surface area (Å²) >= 11 is 5.96. The molecule has 2 N–H and O–H groups in total. The number of halogens is 4. The van der Waals surface area contributed by atoms with Crippen molar-refractivity contribution in [2.75, 3.05) is 0 Å². The highest BCUT2D eigenvalue weighted by Crippen LogP contribution is 2.66. The van der Waals surface area contributed by atoms with Gasteiger partial charge < -0.3 is 10.2 Å². The summed E-state index contributed by atoms with van der Waals surface area (Å²) in [5, 5.41) is 20.0. The number of rotatable bonds is 0. The molecule has 0 spiro atoms. The minimum absolute atomic E-state index is 0.0701. The van der Waals surface area contributed by atoms with Gasteiger partial charge in [-0.25, -0.2) is 0 Å². The van der Waals surface area contributed by atoms with Crippen molar-refractivity contribution in [1.29, 1.82) is 0 Å². The second kappa shape index (κ2) is 5.65. The Kier molecular flexibility index (Phi) is 3.95. The maximum absolute atomic E-state index is 13.9. The SMILES string of the molecule is C[C@]12CC[C@@H]3c4ccc(O)cc4CC[C@H]3[C@@H]1CC=C(Cl)C2(O)C(F)(F)F. The zero-order valence-electron chi connectivity index (χ0n) is 14.5. The first-order valence-corrected chi connectivity index (χ1v) is 9.44. The van der Waals surface area contributed by atoms with E-state index in [0.717, 1.165) is 24.0 Å². The quantitative estimate of drug-likeness (QED) is 0.637. The smallest absolute Gasteiger partial charge is 0.422 e. The van der Waals surface area contributed by atoms with Crippen LogP contribution in [0.1, 0.15) is 49.7 Å². The molecule has 1 fully saturated rings. The number of hydrogen-bond donors (Lipinski definition) is 2. The lowest BCUT2D eigenvalue weighted by atomic mass is 9.47. The Morgan fingerprint density at radius 2 is 1.96 bits per heavy atom. The number of aliphatic hydroxyl groups is 1. The van der Waals surface area contributed by atoms with Crippen LogP contribution in [0, 0.1) is 17.3 Å². The normalized spacial score (nSPS) is 39.5. The zero-order chi connectivity index (χ0) is 18.9. The highest BCUT2D eigenvalue weighted by atomic mass is 35.5. The van der Waals surface area contributed by atoms with Crippen molar-refractivity contribution < 1.29 is 23.4 Å². The summed E-state index contributed by atoms with van der Waals surface area (Å²) < 4.78 is 41.7. The van der Waals surface area contributed by atoms with Gasteiger partial charge in [-0.2, -0.15) is 13.2 Å². The van der Waals surface area contributed by atoms with Gasteiger partial charge >= 0.3 is 6.18 Å². The maximum atomic E-state index is 13.9. The Labute approximate surface area is 155 Å². The van der Waals surface area contributed by atoms with Crippen LogP contribution in [0.15, 0.2) is 29.3 Å². The third-order valence-corrected chi connectivity index (χ3v) is 7.66. The summed E-state index contributed by atoms with van der Waals surface area (Å²) in [5.41, 5.74) is -2.08. The van der Waals surface area contributed by atoms with Crippen LogP contribution in [0.5, 0.6) is 5.75 Å². The van der Waals surface area contributed by atoms with E-state index in [-0.39, 0.29) is 29.9 Å². The van der Waals surface area contributed by atoms with Crippen LogP contribution in [0.3, 0.4) is 0 Å². The fourth-order valence-electron chi connectivity index (χ4n) is 5.88. The molecule has 26 heavy (non-hydrogen) atoms. The van der Waals surface area contributed by atoms with Crippen molar-refractivity contribution in [3.63, 3.8) is 0 Å². The van der Waals surface area contributed by atoms with E-state index in [4.69, 9.17) is 11.6 Å². The van der Waals surface area contributed by atoms with E-state index in [1.807, 2.05) is 6.07 Å². The van der Waals surface area contributed by atoms with Crippen molar-refractivity contribution >= 4 is 11.6 Å². The molecular formula is C20H22ClF3O2. The summed E-state index contributed by atoms with van der Waals surface area (Å²) in [4.78, 5) is 0. The van der Waals surface area contributed by atoms with Gasteiger partial charge in [-0.3, -0.25) is 0 Å². The lowest BCUT2D eigenvalue weighted by Crippen LogP contribution is -2.64. The van der Waals surface area contributed by atoms with Crippen LogP contribution in [0.25, 0.3) is 0 Å². The Balaban J connectivity index is 1.78. The van der Waals surface area contributed by atoms with Gasteiger partial charge in [0.05, 0.1) is 5.03 Å². The first-order chi connectivity index (χ1) is 12.1. The third kappa shape index (κ3) is 2.22. The minimum Gasteiger partial charge on any atom is -0.508 e. The Bertz CT molecular complexity index is 775. The lowest BCUT2D eigenvalue weighted by Gasteiger charge is -2.59. The molecular weight excluding hydrogens is 365 g/mol. The van der Waals surface area contributed by atoms with Gasteiger partial charge in [0.25, 0.3) is 0 Å². The second-order valence-electron chi connectivity index (χ2n) is 8.25. The number of aryl methyl sites for hydroxylation is 1. The molecule has 0 heterocycles. The van der Waals surface area contributed by atoms with Gasteiger partial charge in [0.1, 0.15) is 5.75 Å². The standard InChI is InChI=1S/C20H22ClF3O2/c1-18-9-8-14-13-5-3-12(25)10-11(13)2-4-15(14)16(18)6-7-17(21)19(18,26)20(22,23)24/h3,5,7,10,14-16,25-26H,2,4,6,8-9H2,1H3/t14-,15-,16+,18+,19?/m1/s1. The number of allylic oxidation sites excluding steroid dienone is 1. The number of aromatic hydroxyl groups is 1. The monoisotopic (exact) mass is 386 g/mol. The van der Waals surface area contributed by atoms with Crippen LogP contribution < -0.4 is 0 Å². The molecule has 4 rings (SSSR count). The van der Waals surface area contributed by atoms with Crippen LogP contribution in [-0.2, 0) is 6.42 Å². The summed E-state index contributed by atoms with van der Waals surface area (Å²) in [6, 6.07) is 5.33. The molecule has 0 aromatic heterocycles. The maximum Gasteiger partial charge on any atom is 0.422 e. The summed E-state index contributed by atoms with van der Waals surface area (Å²) in [6.45, 7) is 1.56. The second-order valence-corrected chi connectivity index (χ2v) is 8.66. The minimum atomic E-state index is -4.81. The molecule has 0 amide bonds. The summed E-state index contributed by atoms with van der Waals surface area (Å²) in [6.07, 6.45) is -0.630. The Morgan fingerprint density at radius 1 is 1.23 bits per heavy atom. The topological polar surface area (TPSA) is 40.5 Å². The number of alkyl halides is 3. The van der Waals surface area contributed by atoms with Crippen molar-refractivity contribution in [3.05, 3.63) is 40.4 Å². The van der Waals surface area contributed by atoms with Crippen molar-refractivity contribution in [2.24, 2.45) is 17.3 Å². The summed E-state index contributed by atoms with van der Waals surface area (Å²) in [5.74, 6) is 0.180. The number of phenolic OH excluding ortho intramolecular Hbond substituents is 1. The fraction of sp³-hybridized carbons (Fsp3) is 0.600. The number of hydrogen-bond acceptors (Lipinski definition) is 2. The highest BCUT2D eigenvalue weighted by molar-refractivity contribution is 6.31. The molecule has 3 aliphatic rings. The van der Waals surface area contributed by atoms with Gasteiger partial charge in [0.15, 0.2) is 0 Å². The van der Waals surface area contributed by atoms with E-state index >= 15 is 0 Å². The van der Waals surface area contributed by atoms with Crippen LogP contribution in [0.4, 0.5) is 13.2 Å². The Morgan fingerprint density at radius 3 is 2.65 bits per heavy atom. The molecule has 1 saturated carbocycles. The molecule has 6 heteroatoms. The third-order valence-electron chi connectivity index (χ3n) is 7.23. The average Bonchev–Trinajstić information content (AvgIpc) is 2.57. The van der Waals surface area contributed by atoms with Gasteiger partial charge in [0.2, 0.25) is 5.60 Å². The summed E-state index contributed by atoms with van der Waals surface area (Å²) in [7, 11) is 0. The van der Waals surface area contributed by atoms with Crippen molar-refractivity contribution in [2.45, 2.75) is 56.7 Å². The molecule has 1 unspecified atom stereocenters. The first-order valence-electron chi connectivity index (χ1n) is 9.06. The predicted octanol–water partition coefficient (Wildman–Crippen LogP) is 5.27. The molecule has 5 atom stereocenters. The van der Waals surface area contributed by atoms with Crippen molar-refractivity contribution in [1.82, 2.24) is 0 Å². The first kappa shape index (κ1) is 18.2. The van der Waals surface area contributed by atoms with E-state index in [2.05, 4.69) is 0 Å². The number of benzene rings is 1. The lowest BCUT2D eigenvalue weighted by molar-refractivity contribution is -0.300. The molecule has 1 aromatic carbocycles. The highest BCUT2D eigenvalue weighted by Gasteiger charge is 2.71. The molecule has 0 aliphatic heterocycles. The van der Waals surface area contributed by atoms with Crippen LogP contribution >= 0.6 is 11.6 Å². The van der Waals surface area contributed by atoms with Crippen LogP contribution in [-0.4, -0.2) is 22.0 Å². The van der Waals surface area contributed by atoms with E-state index in [1.54, 1.807) is 19.1 Å². The zero-order valence-corrected chi connectivity index (χ0v) is 15.2. The van der Waals surface area contributed by atoms with Gasteiger partial charge in [-0.05, 0) is 73.1 Å². The van der Waals surface area contributed by atoms with E-state index in [0.29, 0.717) is 12.8 Å². The van der Waals surface area contributed by atoms with E-state index in [9.17, 15) is 23.4 Å².